The number of benzene rings is 1. The topological polar surface area (TPSA) is 105 Å². The highest BCUT2D eigenvalue weighted by atomic mass is 35.5. The van der Waals surface area contributed by atoms with Gasteiger partial charge in [-0.2, -0.15) is 0 Å². The van der Waals surface area contributed by atoms with Crippen LogP contribution in [0, 0.1) is 5.41 Å². The van der Waals surface area contributed by atoms with Gasteiger partial charge in [-0.15, -0.1) is 24.8 Å². The van der Waals surface area contributed by atoms with E-state index >= 15 is 0 Å². The number of hydrogen-bond acceptors (Lipinski definition) is 6. The average molecular weight is 469 g/mol. The Labute approximate surface area is 185 Å². The largest absolute Gasteiger partial charge is 0.384 e. The molecule has 0 bridgehead atoms. The van der Waals surface area contributed by atoms with Crippen molar-refractivity contribution in [3.8, 4) is 0 Å². The molecule has 0 radical (unpaired) electrons. The van der Waals surface area contributed by atoms with E-state index in [-0.39, 0.29) is 35.6 Å². The number of amides is 1. The van der Waals surface area contributed by atoms with Gasteiger partial charge in [-0.3, -0.25) is 4.79 Å². The minimum atomic E-state index is -3.68. The first-order valence-corrected chi connectivity index (χ1v) is 10.8. The molecule has 2 aliphatic heterocycles. The minimum Gasteiger partial charge on any atom is -0.384 e. The molecule has 29 heavy (non-hydrogen) atoms. The SMILES string of the molecule is COCC1(C(=O)N2CCN(c3ccc(S(N)(=O)=O)cc3)CC2)CCNCC1.Cl.Cl. The number of carbonyl (C=O) groups is 1. The molecule has 2 fully saturated rings. The molecule has 0 aliphatic carbocycles. The smallest absolute Gasteiger partial charge is 0.238 e. The summed E-state index contributed by atoms with van der Waals surface area (Å²) in [4.78, 5) is 17.4. The van der Waals surface area contributed by atoms with E-state index in [1.54, 1.807) is 19.2 Å². The van der Waals surface area contributed by atoms with E-state index in [1.165, 1.54) is 12.1 Å². The number of hydrogen-bond donors (Lipinski definition) is 2. The first-order chi connectivity index (χ1) is 12.9. The van der Waals surface area contributed by atoms with Crippen molar-refractivity contribution >= 4 is 46.4 Å². The maximum Gasteiger partial charge on any atom is 0.238 e. The summed E-state index contributed by atoms with van der Waals surface area (Å²) in [5.41, 5.74) is 0.516. The van der Waals surface area contributed by atoms with Gasteiger partial charge in [0, 0.05) is 39.0 Å². The maximum absolute atomic E-state index is 13.2. The highest BCUT2D eigenvalue weighted by Gasteiger charge is 2.42. The number of halogens is 2. The summed E-state index contributed by atoms with van der Waals surface area (Å²) in [6.45, 7) is 4.85. The molecular weight excluding hydrogens is 439 g/mol. The van der Waals surface area contributed by atoms with Gasteiger partial charge >= 0.3 is 0 Å². The van der Waals surface area contributed by atoms with Crippen LogP contribution in [0.2, 0.25) is 0 Å². The van der Waals surface area contributed by atoms with Gasteiger partial charge in [-0.05, 0) is 50.2 Å². The molecule has 1 aromatic rings. The fourth-order valence-electron chi connectivity index (χ4n) is 3.95. The second kappa shape index (κ2) is 10.8. The van der Waals surface area contributed by atoms with E-state index in [1.807, 2.05) is 4.90 Å². The first kappa shape index (κ1) is 25.9. The average Bonchev–Trinajstić information content (AvgIpc) is 2.68. The molecule has 8 nitrogen and oxygen atoms in total. The Balaban J connectivity index is 0.00000210. The number of primary sulfonamides is 1. The molecule has 0 saturated carbocycles. The van der Waals surface area contributed by atoms with E-state index in [0.29, 0.717) is 32.8 Å². The third kappa shape index (κ3) is 5.96. The number of ether oxygens (including phenoxy) is 1. The van der Waals surface area contributed by atoms with Gasteiger partial charge < -0.3 is 19.9 Å². The Hall–Kier alpha value is -1.10. The predicted molar refractivity (Wildman–Crippen MR) is 118 cm³/mol. The van der Waals surface area contributed by atoms with Gasteiger partial charge in [0.15, 0.2) is 0 Å². The van der Waals surface area contributed by atoms with Gasteiger partial charge in [0.1, 0.15) is 0 Å². The van der Waals surface area contributed by atoms with E-state index in [0.717, 1.165) is 31.6 Å². The molecule has 0 spiro atoms. The lowest BCUT2D eigenvalue weighted by molar-refractivity contribution is -0.147. The fourth-order valence-corrected chi connectivity index (χ4v) is 4.47. The molecule has 1 aromatic carbocycles. The maximum atomic E-state index is 13.2. The lowest BCUT2D eigenvalue weighted by Crippen LogP contribution is -2.56. The summed E-state index contributed by atoms with van der Waals surface area (Å²) in [6, 6.07) is 6.56. The summed E-state index contributed by atoms with van der Waals surface area (Å²) in [5, 5.41) is 8.46. The van der Waals surface area contributed by atoms with Crippen LogP contribution in [0.15, 0.2) is 29.2 Å². The van der Waals surface area contributed by atoms with Crippen LogP contribution in [0.4, 0.5) is 5.69 Å². The number of carbonyl (C=O) groups excluding carboxylic acids is 1. The van der Waals surface area contributed by atoms with Crippen molar-refractivity contribution in [3.05, 3.63) is 24.3 Å². The van der Waals surface area contributed by atoms with Crippen molar-refractivity contribution in [1.29, 1.82) is 0 Å². The normalized spacial score (nSPS) is 19.1. The summed E-state index contributed by atoms with van der Waals surface area (Å²) in [5.74, 6) is 0.190. The van der Waals surface area contributed by atoms with Crippen molar-refractivity contribution in [2.45, 2.75) is 17.7 Å². The van der Waals surface area contributed by atoms with Gasteiger partial charge in [0.2, 0.25) is 15.9 Å². The molecule has 3 N–H and O–H groups in total. The van der Waals surface area contributed by atoms with Crippen LogP contribution in [0.3, 0.4) is 0 Å². The number of nitrogens with one attached hydrogen (secondary N) is 1. The Morgan fingerprint density at radius 1 is 1.10 bits per heavy atom. The molecule has 3 rings (SSSR count). The molecule has 166 valence electrons. The monoisotopic (exact) mass is 468 g/mol. The van der Waals surface area contributed by atoms with Crippen LogP contribution >= 0.6 is 24.8 Å². The molecule has 1 amide bonds. The Bertz CT molecular complexity index is 757. The standard InChI is InChI=1S/C18H28N4O4S.2ClH/c1-26-14-18(6-8-20-9-7-18)17(23)22-12-10-21(11-13-22)15-2-4-16(5-3-15)27(19,24)25;;/h2-5,20H,6-14H2,1H3,(H2,19,24,25);2*1H. The number of nitrogens with zero attached hydrogens (tertiary/aromatic N) is 2. The van der Waals surface area contributed by atoms with Crippen molar-refractivity contribution in [3.63, 3.8) is 0 Å². The zero-order valence-electron chi connectivity index (χ0n) is 16.5. The van der Waals surface area contributed by atoms with E-state index in [9.17, 15) is 13.2 Å². The van der Waals surface area contributed by atoms with Crippen molar-refractivity contribution in [1.82, 2.24) is 10.2 Å². The molecule has 2 aliphatic rings. The van der Waals surface area contributed by atoms with Crippen LogP contribution < -0.4 is 15.4 Å². The quantitative estimate of drug-likeness (QED) is 0.663. The van der Waals surface area contributed by atoms with Crippen molar-refractivity contribution in [2.75, 3.05) is 57.9 Å². The fraction of sp³-hybridized carbons (Fsp3) is 0.611. The number of nitrogens with two attached hydrogens (primary N) is 1. The third-order valence-corrected chi connectivity index (χ3v) is 6.46. The van der Waals surface area contributed by atoms with Gasteiger partial charge in [-0.1, -0.05) is 0 Å². The summed E-state index contributed by atoms with van der Waals surface area (Å²) >= 11 is 0. The molecule has 0 aromatic heterocycles. The number of piperazine rings is 1. The third-order valence-electron chi connectivity index (χ3n) is 5.53. The number of methoxy groups -OCH3 is 1. The number of piperidine rings is 1. The molecular formula is C18H30Cl2N4O4S. The minimum absolute atomic E-state index is 0. The summed E-state index contributed by atoms with van der Waals surface area (Å²) < 4.78 is 28.1. The second-order valence-electron chi connectivity index (χ2n) is 7.28. The van der Waals surface area contributed by atoms with Crippen molar-refractivity contribution in [2.24, 2.45) is 10.6 Å². The van der Waals surface area contributed by atoms with Crippen LogP contribution in [0.5, 0.6) is 0 Å². The zero-order chi connectivity index (χ0) is 19.5. The van der Waals surface area contributed by atoms with E-state index in [4.69, 9.17) is 9.88 Å². The van der Waals surface area contributed by atoms with Crippen LogP contribution in [0.1, 0.15) is 12.8 Å². The number of rotatable bonds is 5. The molecule has 2 heterocycles. The van der Waals surface area contributed by atoms with Gasteiger partial charge in [-0.25, -0.2) is 13.6 Å². The molecule has 11 heteroatoms. The Kier molecular flexibility index (Phi) is 9.65. The lowest BCUT2D eigenvalue weighted by atomic mass is 9.78. The molecule has 0 unspecified atom stereocenters. The Morgan fingerprint density at radius 2 is 1.66 bits per heavy atom. The predicted octanol–water partition coefficient (Wildman–Crippen LogP) is 0.842. The van der Waals surface area contributed by atoms with Crippen LogP contribution in [0.25, 0.3) is 0 Å². The highest BCUT2D eigenvalue weighted by molar-refractivity contribution is 7.89. The van der Waals surface area contributed by atoms with E-state index < -0.39 is 15.4 Å². The Morgan fingerprint density at radius 3 is 2.14 bits per heavy atom. The number of sulfonamides is 1. The lowest BCUT2D eigenvalue weighted by Gasteiger charge is -2.43. The van der Waals surface area contributed by atoms with Gasteiger partial charge in [0.25, 0.3) is 0 Å². The number of anilines is 1. The molecule has 2 saturated heterocycles. The van der Waals surface area contributed by atoms with Gasteiger partial charge in [0.05, 0.1) is 16.9 Å². The zero-order valence-corrected chi connectivity index (χ0v) is 19.0. The van der Waals surface area contributed by atoms with Crippen LogP contribution in [-0.2, 0) is 19.6 Å². The first-order valence-electron chi connectivity index (χ1n) is 9.23. The summed E-state index contributed by atoms with van der Waals surface area (Å²) in [6.07, 6.45) is 1.60. The van der Waals surface area contributed by atoms with E-state index in [2.05, 4.69) is 10.2 Å². The van der Waals surface area contributed by atoms with Crippen molar-refractivity contribution < 1.29 is 17.9 Å². The van der Waals surface area contributed by atoms with Crippen LogP contribution in [-0.4, -0.2) is 72.2 Å². The molecule has 0 atom stereocenters. The summed E-state index contributed by atoms with van der Waals surface area (Å²) in [7, 11) is -2.03. The highest BCUT2D eigenvalue weighted by Crippen LogP contribution is 2.32. The second-order valence-corrected chi connectivity index (χ2v) is 8.84.